The Morgan fingerprint density at radius 2 is 1.28 bits per heavy atom. The molecule has 0 fully saturated rings. The summed E-state index contributed by atoms with van der Waals surface area (Å²) in [6, 6.07) is 7.84. The lowest BCUT2D eigenvalue weighted by Gasteiger charge is -2.06. The predicted octanol–water partition coefficient (Wildman–Crippen LogP) is 8.58. The van der Waals surface area contributed by atoms with Gasteiger partial charge in [0, 0.05) is 6.08 Å². The highest BCUT2D eigenvalue weighted by molar-refractivity contribution is 5.83. The van der Waals surface area contributed by atoms with Crippen LogP contribution in [0.1, 0.15) is 115 Å². The van der Waals surface area contributed by atoms with Gasteiger partial charge in [-0.3, -0.25) is 0 Å². The van der Waals surface area contributed by atoms with Crippen LogP contribution >= 0.6 is 0 Å². The van der Waals surface area contributed by atoms with Crippen LogP contribution in [0.15, 0.2) is 36.9 Å². The lowest BCUT2D eigenvalue weighted by Crippen LogP contribution is -2.03. The molecule has 0 aliphatic heterocycles. The summed E-state index contributed by atoms with van der Waals surface area (Å²) in [7, 11) is 0. The van der Waals surface area contributed by atoms with Crippen molar-refractivity contribution in [2.75, 3.05) is 0 Å². The Bertz CT molecular complexity index is 535. The molecule has 0 atom stereocenters. The maximum atomic E-state index is 11.3. The molecule has 0 radical (unpaired) electrons. The average molecular weight is 401 g/mol. The number of hydrogen-bond acceptors (Lipinski definition) is 2. The van der Waals surface area contributed by atoms with Crippen LogP contribution in [0.3, 0.4) is 0 Å². The zero-order valence-electron chi connectivity index (χ0n) is 18.9. The monoisotopic (exact) mass is 400 g/mol. The van der Waals surface area contributed by atoms with E-state index in [0.717, 1.165) is 6.42 Å². The molecule has 1 rings (SSSR count). The second-order valence-electron chi connectivity index (χ2n) is 8.33. The quantitative estimate of drug-likeness (QED) is 0.101. The van der Waals surface area contributed by atoms with E-state index in [1.54, 1.807) is 0 Å². The van der Waals surface area contributed by atoms with Crippen molar-refractivity contribution in [2.45, 2.75) is 116 Å². The van der Waals surface area contributed by atoms with E-state index in [0.29, 0.717) is 5.75 Å². The molecule has 164 valence electrons. The summed E-state index contributed by atoms with van der Waals surface area (Å²) in [4.78, 5) is 11.3. The van der Waals surface area contributed by atoms with Gasteiger partial charge in [0.15, 0.2) is 0 Å². The van der Waals surface area contributed by atoms with Gasteiger partial charge in [0.05, 0.1) is 0 Å². The molecule has 0 N–H and O–H groups in total. The first-order valence-corrected chi connectivity index (χ1v) is 12.2. The van der Waals surface area contributed by atoms with E-state index in [-0.39, 0.29) is 0 Å². The van der Waals surface area contributed by atoms with Gasteiger partial charge in [-0.1, -0.05) is 122 Å². The van der Waals surface area contributed by atoms with Gasteiger partial charge in [-0.25, -0.2) is 4.79 Å². The smallest absolute Gasteiger partial charge is 0.335 e. The Morgan fingerprint density at radius 1 is 0.793 bits per heavy atom. The van der Waals surface area contributed by atoms with Crippen molar-refractivity contribution in [2.24, 2.45) is 0 Å². The minimum atomic E-state index is -0.399. The molecule has 1 aromatic rings. The molecule has 0 spiro atoms. The Morgan fingerprint density at radius 3 is 1.76 bits per heavy atom. The third-order valence-electron chi connectivity index (χ3n) is 5.60. The molecule has 1 aromatic carbocycles. The molecule has 0 heterocycles. The van der Waals surface area contributed by atoms with Crippen molar-refractivity contribution in [3.63, 3.8) is 0 Å². The molecule has 0 aromatic heterocycles. The average Bonchev–Trinajstić information content (AvgIpc) is 2.73. The van der Waals surface area contributed by atoms with E-state index >= 15 is 0 Å². The Balaban J connectivity index is 1.88. The van der Waals surface area contributed by atoms with E-state index in [9.17, 15) is 4.79 Å². The summed E-state index contributed by atoms with van der Waals surface area (Å²) in [5.74, 6) is 0.216. The lowest BCUT2D eigenvalue weighted by atomic mass is 10.0. The largest absolute Gasteiger partial charge is 0.423 e. The summed E-state index contributed by atoms with van der Waals surface area (Å²) < 4.78 is 5.18. The van der Waals surface area contributed by atoms with Crippen molar-refractivity contribution < 1.29 is 9.53 Å². The summed E-state index contributed by atoms with van der Waals surface area (Å²) in [5, 5.41) is 0. The van der Waals surface area contributed by atoms with Gasteiger partial charge in [0.2, 0.25) is 0 Å². The van der Waals surface area contributed by atoms with Crippen LogP contribution in [-0.2, 0) is 11.2 Å². The fourth-order valence-electron chi connectivity index (χ4n) is 3.80. The van der Waals surface area contributed by atoms with Crippen molar-refractivity contribution in [1.29, 1.82) is 0 Å². The third-order valence-corrected chi connectivity index (χ3v) is 5.60. The molecule has 0 unspecified atom stereocenters. The summed E-state index contributed by atoms with van der Waals surface area (Å²) in [6.45, 7) is 5.71. The Kier molecular flexibility index (Phi) is 16.2. The second-order valence-corrected chi connectivity index (χ2v) is 8.33. The molecule has 2 nitrogen and oxygen atoms in total. The summed E-state index contributed by atoms with van der Waals surface area (Å²) in [5.41, 5.74) is 1.24. The van der Waals surface area contributed by atoms with Crippen LogP contribution in [0, 0.1) is 0 Å². The Hall–Kier alpha value is -1.57. The zero-order valence-corrected chi connectivity index (χ0v) is 18.9. The van der Waals surface area contributed by atoms with E-state index in [1.807, 2.05) is 18.2 Å². The minimum absolute atomic E-state index is 0.399. The topological polar surface area (TPSA) is 26.3 Å². The number of carbonyl (C=O) groups is 1. The normalized spacial score (nSPS) is 10.8. The number of rotatable bonds is 19. The number of unbranched alkanes of at least 4 members (excludes halogenated alkanes) is 15. The van der Waals surface area contributed by atoms with Crippen LogP contribution in [0.5, 0.6) is 5.75 Å². The van der Waals surface area contributed by atoms with Crippen LogP contribution in [0.2, 0.25) is 0 Å². The van der Waals surface area contributed by atoms with Crippen LogP contribution in [-0.4, -0.2) is 5.97 Å². The van der Waals surface area contributed by atoms with Crippen molar-refractivity contribution in [1.82, 2.24) is 0 Å². The fourth-order valence-corrected chi connectivity index (χ4v) is 3.80. The summed E-state index contributed by atoms with van der Waals surface area (Å²) in [6.07, 6.45) is 24.5. The predicted molar refractivity (Wildman–Crippen MR) is 126 cm³/mol. The highest BCUT2D eigenvalue weighted by atomic mass is 16.5. The molecule has 0 amide bonds. The number of aryl methyl sites for hydroxylation is 1. The van der Waals surface area contributed by atoms with Gasteiger partial charge in [-0.05, 0) is 30.5 Å². The first-order valence-electron chi connectivity index (χ1n) is 12.2. The fraction of sp³-hybridized carbons (Fsp3) is 0.667. The maximum Gasteiger partial charge on any atom is 0.335 e. The van der Waals surface area contributed by atoms with Crippen molar-refractivity contribution >= 4 is 5.97 Å². The Labute approximate surface area is 180 Å². The summed E-state index contributed by atoms with van der Waals surface area (Å²) >= 11 is 0. The van der Waals surface area contributed by atoms with Crippen LogP contribution in [0.4, 0.5) is 0 Å². The number of hydrogen-bond donors (Lipinski definition) is 0. The first-order chi connectivity index (χ1) is 14.3. The van der Waals surface area contributed by atoms with Crippen LogP contribution < -0.4 is 4.74 Å². The van der Waals surface area contributed by atoms with Gasteiger partial charge in [-0.2, -0.15) is 0 Å². The number of ether oxygens (including phenoxy) is 1. The third kappa shape index (κ3) is 15.0. The van der Waals surface area contributed by atoms with Gasteiger partial charge in [-0.15, -0.1) is 0 Å². The standard InChI is InChI=1S/C27H44O2/c1-3-5-6-7-8-9-10-11-12-13-14-15-16-17-18-19-21-25-22-20-23-26(24-25)29-27(28)4-2/h4,20,22-24H,2-3,5-19,21H2,1H3. The van der Waals surface area contributed by atoms with Gasteiger partial charge in [0.25, 0.3) is 0 Å². The molecule has 0 aliphatic carbocycles. The van der Waals surface area contributed by atoms with E-state index in [1.165, 1.54) is 114 Å². The zero-order chi connectivity index (χ0) is 21.0. The SMILES string of the molecule is C=CC(=O)Oc1cccc(CCCCCCCCCCCCCCCCCC)c1. The minimum Gasteiger partial charge on any atom is -0.423 e. The molecule has 29 heavy (non-hydrogen) atoms. The second kappa shape index (κ2) is 18.5. The van der Waals surface area contributed by atoms with Gasteiger partial charge in [0.1, 0.15) is 5.75 Å². The molecular weight excluding hydrogens is 356 g/mol. The van der Waals surface area contributed by atoms with Gasteiger partial charge < -0.3 is 4.74 Å². The molecular formula is C27H44O2. The lowest BCUT2D eigenvalue weighted by molar-refractivity contribution is -0.128. The van der Waals surface area contributed by atoms with E-state index in [2.05, 4.69) is 19.6 Å². The molecule has 0 saturated heterocycles. The highest BCUT2D eigenvalue weighted by Gasteiger charge is 2.01. The first kappa shape index (κ1) is 25.5. The molecule has 0 bridgehead atoms. The molecule has 0 saturated carbocycles. The number of esters is 1. The molecule has 0 aliphatic rings. The van der Waals surface area contributed by atoms with E-state index in [4.69, 9.17) is 4.74 Å². The van der Waals surface area contributed by atoms with Gasteiger partial charge >= 0.3 is 5.97 Å². The van der Waals surface area contributed by atoms with E-state index < -0.39 is 5.97 Å². The van der Waals surface area contributed by atoms with Crippen LogP contribution in [0.25, 0.3) is 0 Å². The van der Waals surface area contributed by atoms with Crippen molar-refractivity contribution in [3.8, 4) is 5.75 Å². The maximum absolute atomic E-state index is 11.3. The number of carbonyl (C=O) groups excluding carboxylic acids is 1. The molecule has 2 heteroatoms. The highest BCUT2D eigenvalue weighted by Crippen LogP contribution is 2.17. The number of benzene rings is 1. The van der Waals surface area contributed by atoms with Crippen molar-refractivity contribution in [3.05, 3.63) is 42.5 Å².